The van der Waals surface area contributed by atoms with Gasteiger partial charge in [0.1, 0.15) is 11.3 Å². The first-order chi connectivity index (χ1) is 15.0. The molecule has 5 rings (SSSR count). The van der Waals surface area contributed by atoms with Gasteiger partial charge in [-0.15, -0.1) is 4.98 Å². The lowest BCUT2D eigenvalue weighted by Gasteiger charge is -2.18. The molecule has 4 heterocycles. The summed E-state index contributed by atoms with van der Waals surface area (Å²) in [5.41, 5.74) is 5.55. The second kappa shape index (κ2) is 7.36. The minimum atomic E-state index is -0.473. The van der Waals surface area contributed by atoms with Crippen LogP contribution in [0.25, 0.3) is 27.5 Å². The summed E-state index contributed by atoms with van der Waals surface area (Å²) in [5.74, 6) is -0.0718. The molecule has 0 bridgehead atoms. The second-order valence-electron chi connectivity index (χ2n) is 7.38. The van der Waals surface area contributed by atoms with Gasteiger partial charge in [-0.3, -0.25) is 0 Å². The first kappa shape index (κ1) is 19.0. The topological polar surface area (TPSA) is 74.7 Å². The molecule has 1 aromatic carbocycles. The standard InChI is InChI=1S/C24H21N5O2/c1-4-31-23(30)20-13-18-14-28-21(11-10-19-15(2)12-16(3)25-22(19)28)29(18)24(27-20)26-17-8-6-5-7-9-17/h5-14H,4H2,1-3H3. The van der Waals surface area contributed by atoms with Gasteiger partial charge in [-0.05, 0) is 56.3 Å². The fourth-order valence-corrected chi connectivity index (χ4v) is 3.85. The number of fused-ring (bicyclic) bond motifs is 5. The molecule has 7 heteroatoms. The summed E-state index contributed by atoms with van der Waals surface area (Å²) in [5, 5.41) is 5.79. The number of pyridine rings is 2. The largest absolute Gasteiger partial charge is 0.462 e. The number of carbonyl (C=O) groups excluding carboxylic acids is 1. The molecule has 0 aliphatic rings. The van der Waals surface area contributed by atoms with Gasteiger partial charge in [0.25, 0.3) is 5.65 Å². The summed E-state index contributed by atoms with van der Waals surface area (Å²) in [4.78, 5) is 21.8. The fourth-order valence-electron chi connectivity index (χ4n) is 3.85. The number of para-hydroxylation sites is 1. The number of benzene rings is 1. The zero-order valence-corrected chi connectivity index (χ0v) is 17.5. The maximum Gasteiger partial charge on any atom is 0.340 e. The Morgan fingerprint density at radius 3 is 2.68 bits per heavy atom. The van der Waals surface area contributed by atoms with E-state index >= 15 is 0 Å². The molecule has 7 nitrogen and oxygen atoms in total. The van der Waals surface area contributed by atoms with E-state index in [0.717, 1.165) is 39.1 Å². The van der Waals surface area contributed by atoms with E-state index in [-0.39, 0.29) is 12.3 Å². The van der Waals surface area contributed by atoms with Gasteiger partial charge in [0.2, 0.25) is 0 Å². The lowest BCUT2D eigenvalue weighted by atomic mass is 10.1. The van der Waals surface area contributed by atoms with Crippen molar-refractivity contribution >= 4 is 39.8 Å². The molecule has 31 heavy (non-hydrogen) atoms. The molecule has 0 atom stereocenters. The van der Waals surface area contributed by atoms with Gasteiger partial charge in [-0.2, -0.15) is 0 Å². The lowest BCUT2D eigenvalue weighted by Crippen LogP contribution is -2.21. The van der Waals surface area contributed by atoms with Crippen molar-refractivity contribution in [2.24, 2.45) is 0 Å². The first-order valence-electron chi connectivity index (χ1n) is 10.1. The van der Waals surface area contributed by atoms with Gasteiger partial charge in [-0.1, -0.05) is 30.3 Å². The van der Waals surface area contributed by atoms with Crippen LogP contribution in [0, 0.1) is 13.8 Å². The lowest BCUT2D eigenvalue weighted by molar-refractivity contribution is -0.481. The predicted octanol–water partition coefficient (Wildman–Crippen LogP) is 4.75. The third kappa shape index (κ3) is 3.24. The quantitative estimate of drug-likeness (QED) is 0.316. The smallest absolute Gasteiger partial charge is 0.340 e. The Labute approximate surface area is 179 Å². The molecule has 0 amide bonds. The molecule has 0 saturated carbocycles. The number of rotatable bonds is 4. The minimum absolute atomic E-state index is 0.220. The van der Waals surface area contributed by atoms with Crippen LogP contribution in [0.4, 0.5) is 11.6 Å². The monoisotopic (exact) mass is 411 g/mol. The summed E-state index contributed by atoms with van der Waals surface area (Å²) in [6.45, 7) is 6.12. The van der Waals surface area contributed by atoms with E-state index in [9.17, 15) is 4.79 Å². The maximum absolute atomic E-state index is 12.5. The Morgan fingerprint density at radius 1 is 1.10 bits per heavy atom. The van der Waals surface area contributed by atoms with E-state index in [1.54, 1.807) is 13.0 Å². The number of hydrogen-bond acceptors (Lipinski definition) is 4. The van der Waals surface area contributed by atoms with Crippen LogP contribution in [0.1, 0.15) is 28.7 Å². The molecule has 0 saturated heterocycles. The van der Waals surface area contributed by atoms with Crippen molar-refractivity contribution in [3.63, 3.8) is 0 Å². The zero-order chi connectivity index (χ0) is 21.5. The number of aromatic nitrogens is 4. The molecular formula is C24H21N5O2. The molecule has 0 aliphatic carbocycles. The Morgan fingerprint density at radius 2 is 1.90 bits per heavy atom. The van der Waals surface area contributed by atoms with Gasteiger partial charge in [0.15, 0.2) is 0 Å². The van der Waals surface area contributed by atoms with Crippen LogP contribution < -0.4 is 4.40 Å². The summed E-state index contributed by atoms with van der Waals surface area (Å²) in [6.07, 6.45) is 1.96. The SMILES string of the molecule is CCOC(=O)c1cc2c[n+]3c4nc(C)cc(C)c4ccc3n2c([N-]c2ccccc2)n1. The molecule has 0 spiro atoms. The van der Waals surface area contributed by atoms with Crippen molar-refractivity contribution in [3.8, 4) is 0 Å². The summed E-state index contributed by atoms with van der Waals surface area (Å²) in [6, 6.07) is 17.4. The van der Waals surface area contributed by atoms with Crippen LogP contribution in [-0.2, 0) is 4.74 Å². The number of imidazole rings is 1. The molecule has 0 aliphatic heterocycles. The number of ether oxygens (including phenoxy) is 1. The number of aryl methyl sites for hydroxylation is 2. The molecule has 0 unspecified atom stereocenters. The Kier molecular flexibility index (Phi) is 4.51. The highest BCUT2D eigenvalue weighted by Crippen LogP contribution is 2.30. The van der Waals surface area contributed by atoms with Crippen LogP contribution in [0.3, 0.4) is 0 Å². The van der Waals surface area contributed by atoms with Crippen molar-refractivity contribution in [1.82, 2.24) is 14.4 Å². The van der Waals surface area contributed by atoms with Crippen LogP contribution in [-0.4, -0.2) is 26.9 Å². The fraction of sp³-hybridized carbons (Fsp3) is 0.167. The summed E-state index contributed by atoms with van der Waals surface area (Å²) >= 11 is 0. The van der Waals surface area contributed by atoms with Crippen molar-refractivity contribution in [2.75, 3.05) is 6.61 Å². The summed E-state index contributed by atoms with van der Waals surface area (Å²) < 4.78 is 9.13. The molecule has 0 N–H and O–H groups in total. The molecule has 4 aromatic heterocycles. The van der Waals surface area contributed by atoms with Crippen LogP contribution in [0.2, 0.25) is 0 Å². The van der Waals surface area contributed by atoms with Gasteiger partial charge < -0.3 is 19.4 Å². The number of carbonyl (C=O) groups is 1. The van der Waals surface area contributed by atoms with E-state index < -0.39 is 5.97 Å². The van der Waals surface area contributed by atoms with E-state index in [1.165, 1.54) is 0 Å². The first-order valence-corrected chi connectivity index (χ1v) is 10.1. The Bertz CT molecular complexity index is 1460. The average Bonchev–Trinajstić information content (AvgIpc) is 3.14. The van der Waals surface area contributed by atoms with E-state index in [4.69, 9.17) is 15.0 Å². The number of hydrogen-bond donors (Lipinski definition) is 0. The van der Waals surface area contributed by atoms with E-state index in [1.807, 2.05) is 58.3 Å². The van der Waals surface area contributed by atoms with Gasteiger partial charge in [0, 0.05) is 11.5 Å². The third-order valence-corrected chi connectivity index (χ3v) is 5.17. The Balaban J connectivity index is 1.83. The maximum atomic E-state index is 12.5. The molecular weight excluding hydrogens is 390 g/mol. The minimum Gasteiger partial charge on any atom is -0.462 e. The highest BCUT2D eigenvalue weighted by atomic mass is 16.5. The van der Waals surface area contributed by atoms with E-state index in [2.05, 4.69) is 24.0 Å². The van der Waals surface area contributed by atoms with Crippen molar-refractivity contribution in [3.05, 3.63) is 83.1 Å². The van der Waals surface area contributed by atoms with Gasteiger partial charge in [0.05, 0.1) is 23.9 Å². The zero-order valence-electron chi connectivity index (χ0n) is 17.5. The normalized spacial score (nSPS) is 11.3. The third-order valence-electron chi connectivity index (χ3n) is 5.17. The number of nitrogens with zero attached hydrogens (tertiary/aromatic N) is 5. The second-order valence-corrected chi connectivity index (χ2v) is 7.38. The highest BCUT2D eigenvalue weighted by Gasteiger charge is 2.15. The van der Waals surface area contributed by atoms with Crippen LogP contribution in [0.5, 0.6) is 0 Å². The molecule has 154 valence electrons. The molecule has 0 fully saturated rings. The Hall–Kier alpha value is -4.00. The number of esters is 1. The van der Waals surface area contributed by atoms with Crippen molar-refractivity contribution in [2.45, 2.75) is 20.8 Å². The van der Waals surface area contributed by atoms with Crippen LogP contribution in [0.15, 0.2) is 60.8 Å². The molecule has 0 radical (unpaired) electrons. The van der Waals surface area contributed by atoms with Crippen molar-refractivity contribution < 1.29 is 13.9 Å². The van der Waals surface area contributed by atoms with Gasteiger partial charge >= 0.3 is 5.97 Å². The van der Waals surface area contributed by atoms with Gasteiger partial charge in [-0.25, -0.2) is 9.20 Å². The highest BCUT2D eigenvalue weighted by molar-refractivity contribution is 5.90. The summed E-state index contributed by atoms with van der Waals surface area (Å²) in [7, 11) is 0. The van der Waals surface area contributed by atoms with E-state index in [0.29, 0.717) is 5.95 Å². The predicted molar refractivity (Wildman–Crippen MR) is 118 cm³/mol. The average molecular weight is 411 g/mol. The van der Waals surface area contributed by atoms with Crippen LogP contribution >= 0.6 is 0 Å². The van der Waals surface area contributed by atoms with Crippen molar-refractivity contribution in [1.29, 1.82) is 0 Å². The molecule has 5 aromatic rings.